The first-order valence-electron chi connectivity index (χ1n) is 4.88. The molecule has 5 heteroatoms. The predicted molar refractivity (Wildman–Crippen MR) is 49.7 cm³/mol. The van der Waals surface area contributed by atoms with Gasteiger partial charge in [-0.1, -0.05) is 13.8 Å². The second kappa shape index (κ2) is 6.30. The topological polar surface area (TPSA) is 2.70 Å². The lowest BCUT2D eigenvalue weighted by Gasteiger charge is -2.30. The standard InChI is InChI=1S/C8H18BF3O/c1-3-5-7-13(8-6-4-2)9(10,11)12/h3-8H2,1-2H3. The van der Waals surface area contributed by atoms with E-state index in [0.29, 0.717) is 12.8 Å². The van der Waals surface area contributed by atoms with Crippen molar-refractivity contribution in [1.29, 1.82) is 0 Å². The van der Waals surface area contributed by atoms with E-state index in [1.165, 1.54) is 4.28 Å². The molecule has 1 nitrogen and oxygen atoms in total. The fourth-order valence-corrected chi connectivity index (χ4v) is 1.03. The molecule has 80 valence electrons. The molecule has 0 N–H and O–H groups in total. The first-order valence-corrected chi connectivity index (χ1v) is 4.88. The van der Waals surface area contributed by atoms with Crippen molar-refractivity contribution in [3.63, 3.8) is 0 Å². The maximum atomic E-state index is 12.3. The van der Waals surface area contributed by atoms with Crippen LogP contribution in [0.2, 0.25) is 0 Å². The zero-order chi connectivity index (χ0) is 10.3. The summed E-state index contributed by atoms with van der Waals surface area (Å²) in [5.74, 6) is 0. The molecule has 13 heavy (non-hydrogen) atoms. The molecular formula is C8H18BF3O. The van der Waals surface area contributed by atoms with Crippen molar-refractivity contribution in [2.24, 2.45) is 0 Å². The minimum Gasteiger partial charge on any atom is -0.582 e. The zero-order valence-corrected chi connectivity index (χ0v) is 8.36. The summed E-state index contributed by atoms with van der Waals surface area (Å²) >= 11 is 0. The van der Waals surface area contributed by atoms with E-state index < -0.39 is 7.18 Å². The Bertz CT molecular complexity index is 119. The van der Waals surface area contributed by atoms with Gasteiger partial charge in [0.05, 0.1) is 0 Å². The smallest absolute Gasteiger partial charge is 0.582 e. The fourth-order valence-electron chi connectivity index (χ4n) is 1.03. The van der Waals surface area contributed by atoms with Crippen molar-refractivity contribution in [2.75, 3.05) is 13.2 Å². The zero-order valence-electron chi connectivity index (χ0n) is 8.36. The highest BCUT2D eigenvalue weighted by molar-refractivity contribution is 6.52. The van der Waals surface area contributed by atoms with Gasteiger partial charge in [-0.2, -0.15) is 0 Å². The molecule has 0 aromatic heterocycles. The fraction of sp³-hybridized carbons (Fsp3) is 1.00. The van der Waals surface area contributed by atoms with Crippen LogP contribution in [-0.2, 0) is 4.28 Å². The molecule has 0 aliphatic heterocycles. The number of hydrogen-bond donors (Lipinski definition) is 0. The van der Waals surface area contributed by atoms with Crippen molar-refractivity contribution in [3.05, 3.63) is 0 Å². The molecule has 0 spiro atoms. The molecule has 0 unspecified atom stereocenters. The molecule has 0 aromatic rings. The summed E-state index contributed by atoms with van der Waals surface area (Å²) in [7, 11) is -4.85. The van der Waals surface area contributed by atoms with Gasteiger partial charge in [0, 0.05) is 12.8 Å². The van der Waals surface area contributed by atoms with Crippen LogP contribution in [0.4, 0.5) is 12.9 Å². The molecule has 0 aliphatic carbocycles. The monoisotopic (exact) mass is 198 g/mol. The van der Waals surface area contributed by atoms with Crippen molar-refractivity contribution >= 4 is 7.18 Å². The molecule has 0 aliphatic rings. The van der Waals surface area contributed by atoms with Crippen LogP contribution < -0.4 is 0 Å². The van der Waals surface area contributed by atoms with E-state index >= 15 is 0 Å². The van der Waals surface area contributed by atoms with Crippen LogP contribution in [0.5, 0.6) is 0 Å². The lowest BCUT2D eigenvalue weighted by molar-refractivity contribution is -0.0693. The van der Waals surface area contributed by atoms with Crippen molar-refractivity contribution in [3.8, 4) is 0 Å². The van der Waals surface area contributed by atoms with E-state index in [9.17, 15) is 12.9 Å². The highest BCUT2D eigenvalue weighted by Gasteiger charge is 2.44. The number of rotatable bonds is 7. The Hall–Kier alpha value is -0.185. The van der Waals surface area contributed by atoms with E-state index in [2.05, 4.69) is 0 Å². The van der Waals surface area contributed by atoms with Crippen LogP contribution in [0.3, 0.4) is 0 Å². The summed E-state index contributed by atoms with van der Waals surface area (Å²) in [6.07, 6.45) is 2.77. The molecule has 0 heterocycles. The largest absolute Gasteiger partial charge is 0.843 e. The molecule has 0 atom stereocenters. The highest BCUT2D eigenvalue weighted by Crippen LogP contribution is 2.21. The van der Waals surface area contributed by atoms with Crippen LogP contribution in [0.15, 0.2) is 0 Å². The molecule has 0 radical (unpaired) electrons. The van der Waals surface area contributed by atoms with Crippen LogP contribution in [0, 0.1) is 0 Å². The summed E-state index contributed by atoms with van der Waals surface area (Å²) in [6, 6.07) is 0. The van der Waals surface area contributed by atoms with Gasteiger partial charge in [-0.05, 0) is 12.8 Å². The van der Waals surface area contributed by atoms with E-state index in [1.54, 1.807) is 0 Å². The summed E-state index contributed by atoms with van der Waals surface area (Å²) in [6.45, 7) is 3.95. The predicted octanol–water partition coefficient (Wildman–Crippen LogP) is 3.48. The number of hydrogen-bond acceptors (Lipinski definition) is 0. The Labute approximate surface area is 78.1 Å². The summed E-state index contributed by atoms with van der Waals surface area (Å²) < 4.78 is 38.5. The molecule has 0 rings (SSSR count). The third-order valence-electron chi connectivity index (χ3n) is 1.90. The molecule has 0 aromatic carbocycles. The summed E-state index contributed by atoms with van der Waals surface area (Å²) in [4.78, 5) is 0. The summed E-state index contributed by atoms with van der Waals surface area (Å²) in [5.41, 5.74) is 0. The van der Waals surface area contributed by atoms with Gasteiger partial charge in [-0.25, -0.2) is 0 Å². The van der Waals surface area contributed by atoms with Crippen molar-refractivity contribution in [2.45, 2.75) is 39.5 Å². The lowest BCUT2D eigenvalue weighted by Crippen LogP contribution is -2.36. The van der Waals surface area contributed by atoms with Crippen LogP contribution in [0.25, 0.3) is 0 Å². The average molecular weight is 198 g/mol. The lowest BCUT2D eigenvalue weighted by atomic mass is 10.2. The highest BCUT2D eigenvalue weighted by atomic mass is 19.4. The quantitative estimate of drug-likeness (QED) is 0.435. The second-order valence-electron chi connectivity index (χ2n) is 3.17. The van der Waals surface area contributed by atoms with Gasteiger partial charge < -0.3 is 17.2 Å². The number of unbranched alkanes of at least 4 members (excludes halogenated alkanes) is 2. The average Bonchev–Trinajstić information content (AvgIpc) is 2.02. The molecule has 0 saturated heterocycles. The minimum absolute atomic E-state index is 0.0833. The van der Waals surface area contributed by atoms with Gasteiger partial charge in [0.15, 0.2) is 0 Å². The Balaban J connectivity index is 3.88. The Morgan fingerprint density at radius 1 is 0.923 bits per heavy atom. The Morgan fingerprint density at radius 2 is 1.31 bits per heavy atom. The van der Waals surface area contributed by atoms with Crippen molar-refractivity contribution < 1.29 is 17.2 Å². The van der Waals surface area contributed by atoms with E-state index in [4.69, 9.17) is 0 Å². The van der Waals surface area contributed by atoms with Crippen LogP contribution in [0.1, 0.15) is 39.5 Å². The summed E-state index contributed by atoms with van der Waals surface area (Å²) in [5, 5.41) is 0. The van der Waals surface area contributed by atoms with Gasteiger partial charge in [0.2, 0.25) is 0 Å². The Kier molecular flexibility index (Phi) is 6.21. The molecule has 0 bridgehead atoms. The molecule has 0 amide bonds. The maximum absolute atomic E-state index is 12.3. The van der Waals surface area contributed by atoms with E-state index in [-0.39, 0.29) is 13.2 Å². The minimum atomic E-state index is -4.85. The first-order chi connectivity index (χ1) is 6.02. The molecular weight excluding hydrogens is 180 g/mol. The molecule has 0 saturated carbocycles. The van der Waals surface area contributed by atoms with E-state index in [0.717, 1.165) is 12.8 Å². The van der Waals surface area contributed by atoms with Gasteiger partial charge in [-0.15, -0.1) is 0 Å². The van der Waals surface area contributed by atoms with Gasteiger partial charge >= 0.3 is 7.18 Å². The third-order valence-corrected chi connectivity index (χ3v) is 1.90. The van der Waals surface area contributed by atoms with E-state index in [1.807, 2.05) is 13.8 Å². The van der Waals surface area contributed by atoms with Gasteiger partial charge in [-0.3, -0.25) is 0 Å². The number of halogens is 3. The first kappa shape index (κ1) is 12.8. The van der Waals surface area contributed by atoms with Crippen LogP contribution in [-0.4, -0.2) is 20.4 Å². The maximum Gasteiger partial charge on any atom is 0.843 e. The normalized spacial score (nSPS) is 12.5. The third kappa shape index (κ3) is 5.96. The van der Waals surface area contributed by atoms with Gasteiger partial charge in [0.1, 0.15) is 13.2 Å². The SMILES string of the molecule is CCCC[O+](CCCC)[B-](F)(F)F. The Morgan fingerprint density at radius 3 is 1.54 bits per heavy atom. The van der Waals surface area contributed by atoms with Crippen LogP contribution >= 0.6 is 0 Å². The van der Waals surface area contributed by atoms with Gasteiger partial charge in [0.25, 0.3) is 0 Å². The molecule has 0 fully saturated rings. The van der Waals surface area contributed by atoms with Crippen molar-refractivity contribution in [1.82, 2.24) is 0 Å². The second-order valence-corrected chi connectivity index (χ2v) is 3.17.